The molecule has 0 aliphatic heterocycles. The van der Waals surface area contributed by atoms with Crippen LogP contribution < -0.4 is 0 Å². The van der Waals surface area contributed by atoms with Gasteiger partial charge in [-0.05, 0) is 18.2 Å². The topological polar surface area (TPSA) is 37.3 Å². The van der Waals surface area contributed by atoms with Crippen molar-refractivity contribution in [3.8, 4) is 5.75 Å². The summed E-state index contributed by atoms with van der Waals surface area (Å²) in [7, 11) is 0. The number of halogens is 1. The summed E-state index contributed by atoms with van der Waals surface area (Å²) in [6, 6.07) is 4.69. The molecule has 0 saturated carbocycles. The van der Waals surface area contributed by atoms with Crippen LogP contribution in [-0.4, -0.2) is 11.4 Å². The van der Waals surface area contributed by atoms with E-state index in [0.29, 0.717) is 11.8 Å². The quantitative estimate of drug-likeness (QED) is 0.636. The van der Waals surface area contributed by atoms with Crippen LogP contribution in [0.3, 0.4) is 0 Å². The summed E-state index contributed by atoms with van der Waals surface area (Å²) in [6.07, 6.45) is 0.611. The van der Waals surface area contributed by atoms with Crippen molar-refractivity contribution in [1.29, 1.82) is 0 Å². The smallest absolute Gasteiger partial charge is 0.153 e. The van der Waals surface area contributed by atoms with E-state index in [1.54, 1.807) is 12.1 Å². The maximum atomic E-state index is 10.2. The number of carbonyl (C=O) groups is 1. The van der Waals surface area contributed by atoms with Gasteiger partial charge in [-0.1, -0.05) is 15.9 Å². The first-order chi connectivity index (χ1) is 4.74. The van der Waals surface area contributed by atoms with Crippen LogP contribution in [0.2, 0.25) is 0 Å². The van der Waals surface area contributed by atoms with Crippen LogP contribution in [-0.2, 0) is 20.4 Å². The van der Waals surface area contributed by atoms with Gasteiger partial charge in [0.05, 0.1) is 5.56 Å². The number of rotatable bonds is 1. The number of hydrogen-bond donors (Lipinski definition) is 1. The third-order valence-corrected chi connectivity index (χ3v) is 1.61. The van der Waals surface area contributed by atoms with Crippen LogP contribution >= 0.6 is 15.9 Å². The molecule has 1 aromatic rings. The molecule has 0 saturated heterocycles. The van der Waals surface area contributed by atoms with Crippen molar-refractivity contribution in [2.75, 3.05) is 0 Å². The van der Waals surface area contributed by atoms with Gasteiger partial charge >= 0.3 is 0 Å². The van der Waals surface area contributed by atoms with Crippen molar-refractivity contribution in [2.24, 2.45) is 0 Å². The summed E-state index contributed by atoms with van der Waals surface area (Å²) >= 11 is 3.17. The molecule has 4 heteroatoms. The monoisotopic (exact) mass is 306 g/mol. The van der Waals surface area contributed by atoms with Crippen molar-refractivity contribution in [3.05, 3.63) is 28.2 Å². The maximum absolute atomic E-state index is 10.2. The molecule has 11 heavy (non-hydrogen) atoms. The molecule has 0 atom stereocenters. The Balaban J connectivity index is 0.000001000. The molecule has 0 heterocycles. The van der Waals surface area contributed by atoms with Gasteiger partial charge in [-0.3, -0.25) is 4.79 Å². The number of aldehydes is 1. The number of hydrogen-bond acceptors (Lipinski definition) is 2. The van der Waals surface area contributed by atoms with E-state index >= 15 is 0 Å². The molecule has 0 aliphatic rings. The number of carbonyl (C=O) groups excluding carboxylic acids is 1. The molecule has 1 aromatic carbocycles. The molecule has 0 radical (unpaired) electrons. The predicted molar refractivity (Wildman–Crippen MR) is 41.2 cm³/mol. The zero-order valence-corrected chi connectivity index (χ0v) is 8.50. The molecular formula is C7H5BrO2Pd. The van der Waals surface area contributed by atoms with Crippen LogP contribution in [0.4, 0.5) is 0 Å². The third-order valence-electron chi connectivity index (χ3n) is 1.12. The molecule has 2 nitrogen and oxygen atoms in total. The van der Waals surface area contributed by atoms with Crippen LogP contribution in [0.25, 0.3) is 0 Å². The first-order valence-electron chi connectivity index (χ1n) is 2.68. The standard InChI is InChI=1S/C7H5BrO2.Pd/c8-6-1-2-7(10)5(3-6)4-9;/h1-4,10H;. The van der Waals surface area contributed by atoms with Crippen molar-refractivity contribution in [2.45, 2.75) is 0 Å². The molecule has 1 rings (SSSR count). The van der Waals surface area contributed by atoms with Gasteiger partial charge in [0.15, 0.2) is 6.29 Å². The Morgan fingerprint density at radius 3 is 2.55 bits per heavy atom. The van der Waals surface area contributed by atoms with E-state index in [2.05, 4.69) is 15.9 Å². The van der Waals surface area contributed by atoms with Gasteiger partial charge in [0, 0.05) is 24.9 Å². The molecule has 0 unspecified atom stereocenters. The van der Waals surface area contributed by atoms with Crippen molar-refractivity contribution >= 4 is 22.2 Å². The summed E-state index contributed by atoms with van der Waals surface area (Å²) in [5.74, 6) is 0.0122. The summed E-state index contributed by atoms with van der Waals surface area (Å²) in [5, 5.41) is 8.98. The normalized spacial score (nSPS) is 8.45. The third kappa shape index (κ3) is 2.74. The molecule has 62 valence electrons. The molecule has 0 amide bonds. The molecular weight excluding hydrogens is 302 g/mol. The SMILES string of the molecule is O=Cc1cc(Br)ccc1O.[Pd]. The Bertz CT molecular complexity index is 263. The zero-order valence-electron chi connectivity index (χ0n) is 5.36. The average molecular weight is 307 g/mol. The van der Waals surface area contributed by atoms with E-state index < -0.39 is 0 Å². The fourth-order valence-electron chi connectivity index (χ4n) is 0.620. The van der Waals surface area contributed by atoms with Crippen molar-refractivity contribution < 1.29 is 30.3 Å². The average Bonchev–Trinajstić information content (AvgIpc) is 1.94. The molecule has 0 aromatic heterocycles. The minimum atomic E-state index is 0. The summed E-state index contributed by atoms with van der Waals surface area (Å²) < 4.78 is 0.785. The van der Waals surface area contributed by atoms with Gasteiger partial charge in [-0.15, -0.1) is 0 Å². The fraction of sp³-hybridized carbons (Fsp3) is 0. The number of benzene rings is 1. The Kier molecular flexibility index (Phi) is 4.59. The molecule has 0 aliphatic carbocycles. The van der Waals surface area contributed by atoms with E-state index in [1.165, 1.54) is 6.07 Å². The first-order valence-corrected chi connectivity index (χ1v) is 3.47. The second-order valence-electron chi connectivity index (χ2n) is 1.82. The van der Waals surface area contributed by atoms with Gasteiger partial charge in [-0.25, -0.2) is 0 Å². The molecule has 0 spiro atoms. The van der Waals surface area contributed by atoms with Gasteiger partial charge in [0.2, 0.25) is 0 Å². The van der Waals surface area contributed by atoms with E-state index in [9.17, 15) is 4.79 Å². The predicted octanol–water partition coefficient (Wildman–Crippen LogP) is 1.96. The summed E-state index contributed by atoms with van der Waals surface area (Å²) in [4.78, 5) is 10.2. The molecule has 0 fully saturated rings. The van der Waals surface area contributed by atoms with Gasteiger partial charge < -0.3 is 5.11 Å². The van der Waals surface area contributed by atoms with Gasteiger partial charge in [-0.2, -0.15) is 0 Å². The number of phenols is 1. The maximum Gasteiger partial charge on any atom is 0.153 e. The second kappa shape index (κ2) is 4.66. The van der Waals surface area contributed by atoms with E-state index in [-0.39, 0.29) is 26.2 Å². The number of phenolic OH excluding ortho intramolecular Hbond substituents is 1. The van der Waals surface area contributed by atoms with Crippen LogP contribution in [0.15, 0.2) is 22.7 Å². The van der Waals surface area contributed by atoms with Gasteiger partial charge in [0.1, 0.15) is 5.75 Å². The second-order valence-corrected chi connectivity index (χ2v) is 2.74. The zero-order chi connectivity index (χ0) is 7.56. The summed E-state index contributed by atoms with van der Waals surface area (Å²) in [5.41, 5.74) is 0.300. The van der Waals surface area contributed by atoms with E-state index in [0.717, 1.165) is 4.47 Å². The number of aromatic hydroxyl groups is 1. The van der Waals surface area contributed by atoms with E-state index in [4.69, 9.17) is 5.11 Å². The molecule has 1 N–H and O–H groups in total. The Hall–Kier alpha value is -0.168. The largest absolute Gasteiger partial charge is 0.507 e. The van der Waals surface area contributed by atoms with Crippen LogP contribution in [0.5, 0.6) is 5.75 Å². The Morgan fingerprint density at radius 1 is 1.45 bits per heavy atom. The van der Waals surface area contributed by atoms with Gasteiger partial charge in [0.25, 0.3) is 0 Å². The fourth-order valence-corrected chi connectivity index (χ4v) is 0.999. The van der Waals surface area contributed by atoms with E-state index in [1.807, 2.05) is 0 Å². The minimum Gasteiger partial charge on any atom is -0.507 e. The minimum absolute atomic E-state index is 0. The Morgan fingerprint density at radius 2 is 2.09 bits per heavy atom. The molecule has 0 bridgehead atoms. The van der Waals surface area contributed by atoms with Crippen molar-refractivity contribution in [3.63, 3.8) is 0 Å². The Labute approximate surface area is 86.4 Å². The summed E-state index contributed by atoms with van der Waals surface area (Å²) in [6.45, 7) is 0. The van der Waals surface area contributed by atoms with Crippen LogP contribution in [0, 0.1) is 0 Å². The van der Waals surface area contributed by atoms with Crippen LogP contribution in [0.1, 0.15) is 10.4 Å². The first kappa shape index (κ1) is 10.8. The van der Waals surface area contributed by atoms with Crippen molar-refractivity contribution in [1.82, 2.24) is 0 Å².